The van der Waals surface area contributed by atoms with Crippen LogP contribution < -0.4 is 5.73 Å². The van der Waals surface area contributed by atoms with Gasteiger partial charge in [-0.1, -0.05) is 30.5 Å². The van der Waals surface area contributed by atoms with Gasteiger partial charge in [-0.15, -0.1) is 0 Å². The topological polar surface area (TPSA) is 29.3 Å². The fourth-order valence-corrected chi connectivity index (χ4v) is 4.73. The molecule has 3 rings (SSSR count). The Morgan fingerprint density at radius 1 is 1.24 bits per heavy atom. The number of halogens is 1. The summed E-state index contributed by atoms with van der Waals surface area (Å²) in [5, 5.41) is 0.821. The largest absolute Gasteiger partial charge is 0.329 e. The van der Waals surface area contributed by atoms with Crippen LogP contribution in [0, 0.1) is 12.8 Å². The molecule has 0 bridgehead atoms. The van der Waals surface area contributed by atoms with Gasteiger partial charge in [-0.2, -0.15) is 0 Å². The number of nitrogens with two attached hydrogens (primary N) is 1. The average molecular weight is 307 g/mol. The third-order valence-corrected chi connectivity index (χ3v) is 5.74. The van der Waals surface area contributed by atoms with Crippen molar-refractivity contribution < 1.29 is 0 Å². The van der Waals surface area contributed by atoms with Crippen LogP contribution in [0.1, 0.15) is 55.7 Å². The highest BCUT2D eigenvalue weighted by molar-refractivity contribution is 6.30. The molecule has 2 N–H and O–H groups in total. The number of benzene rings is 1. The standard InChI is InChI=1S/C18H27ClN2/c1-13-11-15(19)8-9-16(13)18(12-20)21-10-4-6-14-5-2-3-7-17(14)21/h8-9,11,14,17-18H,2-7,10,12,20H2,1H3/t14-,17-,18?/m1/s1. The lowest BCUT2D eigenvalue weighted by molar-refractivity contribution is 0.0274. The van der Waals surface area contributed by atoms with Crippen molar-refractivity contribution >= 4 is 11.6 Å². The summed E-state index contributed by atoms with van der Waals surface area (Å²) in [6.45, 7) is 4.06. The lowest BCUT2D eigenvalue weighted by atomic mass is 9.77. The van der Waals surface area contributed by atoms with E-state index in [0.717, 1.165) is 17.0 Å². The second-order valence-corrected chi connectivity index (χ2v) is 7.18. The van der Waals surface area contributed by atoms with Crippen LogP contribution in [0.4, 0.5) is 0 Å². The highest BCUT2D eigenvalue weighted by Crippen LogP contribution is 2.39. The van der Waals surface area contributed by atoms with Crippen molar-refractivity contribution in [2.24, 2.45) is 11.7 Å². The number of nitrogens with zero attached hydrogens (tertiary/aromatic N) is 1. The van der Waals surface area contributed by atoms with Crippen LogP contribution in [0.2, 0.25) is 5.02 Å². The van der Waals surface area contributed by atoms with Crippen molar-refractivity contribution in [3.05, 3.63) is 34.3 Å². The Balaban J connectivity index is 1.87. The van der Waals surface area contributed by atoms with E-state index >= 15 is 0 Å². The van der Waals surface area contributed by atoms with E-state index in [1.807, 2.05) is 6.07 Å². The van der Waals surface area contributed by atoms with Crippen LogP contribution in [-0.2, 0) is 0 Å². The lowest BCUT2D eigenvalue weighted by Crippen LogP contribution is -2.50. The molecule has 3 heteroatoms. The van der Waals surface area contributed by atoms with Gasteiger partial charge in [-0.05, 0) is 68.3 Å². The predicted octanol–water partition coefficient (Wildman–Crippen LogP) is 4.30. The van der Waals surface area contributed by atoms with Crippen molar-refractivity contribution in [2.45, 2.75) is 57.5 Å². The highest BCUT2D eigenvalue weighted by atomic mass is 35.5. The number of fused-ring (bicyclic) bond motifs is 1. The SMILES string of the molecule is Cc1cc(Cl)ccc1C(CN)N1CCC[C@H]2CCCC[C@H]21. The van der Waals surface area contributed by atoms with Crippen LogP contribution >= 0.6 is 11.6 Å². The Morgan fingerprint density at radius 3 is 2.76 bits per heavy atom. The summed E-state index contributed by atoms with van der Waals surface area (Å²) in [6, 6.07) is 7.36. The molecule has 0 aromatic heterocycles. The van der Waals surface area contributed by atoms with Gasteiger partial charge in [-0.25, -0.2) is 0 Å². The monoisotopic (exact) mass is 306 g/mol. The minimum absolute atomic E-state index is 0.355. The van der Waals surface area contributed by atoms with E-state index in [2.05, 4.69) is 24.0 Å². The molecule has 1 aliphatic heterocycles. The van der Waals surface area contributed by atoms with Gasteiger partial charge in [0.1, 0.15) is 0 Å². The van der Waals surface area contributed by atoms with Crippen molar-refractivity contribution in [1.29, 1.82) is 0 Å². The zero-order valence-electron chi connectivity index (χ0n) is 13.0. The summed E-state index contributed by atoms with van der Waals surface area (Å²) in [5.74, 6) is 0.897. The summed E-state index contributed by atoms with van der Waals surface area (Å²) in [4.78, 5) is 2.71. The Morgan fingerprint density at radius 2 is 2.00 bits per heavy atom. The number of aryl methyl sites for hydroxylation is 1. The van der Waals surface area contributed by atoms with Crippen LogP contribution in [0.25, 0.3) is 0 Å². The molecule has 1 aromatic rings. The van der Waals surface area contributed by atoms with E-state index < -0.39 is 0 Å². The molecule has 0 radical (unpaired) electrons. The summed E-state index contributed by atoms with van der Waals surface area (Å²) < 4.78 is 0. The van der Waals surface area contributed by atoms with Gasteiger partial charge in [0.2, 0.25) is 0 Å². The Hall–Kier alpha value is -0.570. The van der Waals surface area contributed by atoms with Gasteiger partial charge in [0.05, 0.1) is 0 Å². The number of piperidine rings is 1. The summed E-state index contributed by atoms with van der Waals surface area (Å²) in [5.41, 5.74) is 8.83. The molecule has 116 valence electrons. The van der Waals surface area contributed by atoms with Crippen molar-refractivity contribution in [3.63, 3.8) is 0 Å². The van der Waals surface area contributed by atoms with Crippen molar-refractivity contribution in [2.75, 3.05) is 13.1 Å². The molecular weight excluding hydrogens is 280 g/mol. The normalized spacial score (nSPS) is 28.1. The van der Waals surface area contributed by atoms with Gasteiger partial charge in [0.25, 0.3) is 0 Å². The first-order chi connectivity index (χ1) is 10.2. The van der Waals surface area contributed by atoms with Gasteiger partial charge < -0.3 is 5.73 Å². The zero-order chi connectivity index (χ0) is 14.8. The fourth-order valence-electron chi connectivity index (χ4n) is 4.50. The number of hydrogen-bond acceptors (Lipinski definition) is 2. The number of hydrogen-bond donors (Lipinski definition) is 1. The van der Waals surface area contributed by atoms with Gasteiger partial charge >= 0.3 is 0 Å². The fraction of sp³-hybridized carbons (Fsp3) is 0.667. The summed E-state index contributed by atoms with van der Waals surface area (Å²) >= 11 is 6.12. The summed E-state index contributed by atoms with van der Waals surface area (Å²) in [7, 11) is 0. The second kappa shape index (κ2) is 6.68. The quantitative estimate of drug-likeness (QED) is 0.902. The van der Waals surface area contributed by atoms with E-state index in [4.69, 9.17) is 17.3 Å². The van der Waals surface area contributed by atoms with Crippen LogP contribution in [0.15, 0.2) is 18.2 Å². The van der Waals surface area contributed by atoms with Gasteiger partial charge in [0.15, 0.2) is 0 Å². The molecule has 1 aromatic carbocycles. The van der Waals surface area contributed by atoms with Crippen LogP contribution in [-0.4, -0.2) is 24.0 Å². The third-order valence-electron chi connectivity index (χ3n) is 5.50. The van der Waals surface area contributed by atoms with Crippen LogP contribution in [0.5, 0.6) is 0 Å². The number of likely N-dealkylation sites (tertiary alicyclic amines) is 1. The molecule has 2 fully saturated rings. The highest BCUT2D eigenvalue weighted by Gasteiger charge is 2.36. The molecule has 3 atom stereocenters. The maximum Gasteiger partial charge on any atom is 0.0476 e. The second-order valence-electron chi connectivity index (χ2n) is 6.74. The first kappa shape index (κ1) is 15.3. The zero-order valence-corrected chi connectivity index (χ0v) is 13.8. The molecule has 0 amide bonds. The van der Waals surface area contributed by atoms with E-state index in [-0.39, 0.29) is 0 Å². The maximum atomic E-state index is 6.19. The molecule has 2 nitrogen and oxygen atoms in total. The Bertz CT molecular complexity index is 486. The maximum absolute atomic E-state index is 6.19. The molecule has 2 aliphatic rings. The minimum atomic E-state index is 0.355. The third kappa shape index (κ3) is 3.13. The predicted molar refractivity (Wildman–Crippen MR) is 89.7 cm³/mol. The van der Waals surface area contributed by atoms with Crippen molar-refractivity contribution in [3.8, 4) is 0 Å². The van der Waals surface area contributed by atoms with Crippen LogP contribution in [0.3, 0.4) is 0 Å². The van der Waals surface area contributed by atoms with E-state index in [9.17, 15) is 0 Å². The minimum Gasteiger partial charge on any atom is -0.329 e. The first-order valence-corrected chi connectivity index (χ1v) is 8.80. The van der Waals surface area contributed by atoms with E-state index in [1.54, 1.807) is 0 Å². The van der Waals surface area contributed by atoms with Crippen molar-refractivity contribution in [1.82, 2.24) is 4.90 Å². The molecule has 1 unspecified atom stereocenters. The molecule has 21 heavy (non-hydrogen) atoms. The average Bonchev–Trinajstić information content (AvgIpc) is 2.50. The summed E-state index contributed by atoms with van der Waals surface area (Å²) in [6.07, 6.45) is 8.31. The molecular formula is C18H27ClN2. The molecule has 1 saturated carbocycles. The van der Waals surface area contributed by atoms with Gasteiger partial charge in [-0.3, -0.25) is 4.90 Å². The number of rotatable bonds is 3. The van der Waals surface area contributed by atoms with E-state index in [0.29, 0.717) is 12.6 Å². The Labute approximate surface area is 133 Å². The molecule has 1 heterocycles. The molecule has 1 saturated heterocycles. The lowest BCUT2D eigenvalue weighted by Gasteiger charge is -2.48. The van der Waals surface area contributed by atoms with E-state index in [1.165, 1.54) is 56.2 Å². The van der Waals surface area contributed by atoms with Gasteiger partial charge in [0, 0.05) is 23.7 Å². The first-order valence-electron chi connectivity index (χ1n) is 8.42. The Kier molecular flexibility index (Phi) is 4.88. The molecule has 0 spiro atoms. The smallest absolute Gasteiger partial charge is 0.0476 e. The molecule has 1 aliphatic carbocycles.